The Morgan fingerprint density at radius 1 is 0.958 bits per heavy atom. The number of aliphatic hydroxyl groups excluding tert-OH is 1. The van der Waals surface area contributed by atoms with E-state index in [1.165, 1.54) is 12.0 Å². The molecule has 0 aliphatic carbocycles. The summed E-state index contributed by atoms with van der Waals surface area (Å²) in [5.74, 6) is 0. The van der Waals surface area contributed by atoms with Gasteiger partial charge in [0.25, 0.3) is 0 Å². The van der Waals surface area contributed by atoms with Gasteiger partial charge in [0, 0.05) is 6.61 Å². The number of aryl methyl sites for hydroxylation is 1. The maximum absolute atomic E-state index is 9.66. The van der Waals surface area contributed by atoms with Crippen LogP contribution >= 0.6 is 0 Å². The average molecular weight is 347 g/mol. The first-order valence-corrected chi connectivity index (χ1v) is 11.9. The zero-order valence-corrected chi connectivity index (χ0v) is 17.7. The Labute approximate surface area is 151 Å². The lowest BCUT2D eigenvalue weighted by atomic mass is 10.1. The zero-order valence-electron chi connectivity index (χ0n) is 16.7. The van der Waals surface area contributed by atoms with Gasteiger partial charge in [-0.15, -0.1) is 0 Å². The largest absolute Gasteiger partial charge is 0.396 e. The number of hydrogen-bond acceptors (Lipinski definition) is 1. The molecule has 0 radical (unpaired) electrons. The van der Waals surface area contributed by atoms with E-state index in [4.69, 9.17) is 0 Å². The second-order valence-electron chi connectivity index (χ2n) is 7.98. The van der Waals surface area contributed by atoms with Crippen molar-refractivity contribution in [3.63, 3.8) is 0 Å². The maximum Gasteiger partial charge on any atom is 0.0887 e. The highest BCUT2D eigenvalue weighted by Gasteiger charge is 2.45. The van der Waals surface area contributed by atoms with Crippen LogP contribution in [0.5, 0.6) is 0 Å². The molecule has 1 nitrogen and oxygen atoms in total. The molecule has 0 aliphatic heterocycles. The summed E-state index contributed by atoms with van der Waals surface area (Å²) in [6, 6.07) is 10.8. The second kappa shape index (κ2) is 10.2. The molecular weight excluding hydrogens is 308 g/mol. The minimum absolute atomic E-state index is 0.283. The highest BCUT2D eigenvalue weighted by atomic mass is 28.3. The van der Waals surface area contributed by atoms with Crippen LogP contribution in [0, 0.1) is 0 Å². The number of rotatable bonds is 10. The molecule has 0 fully saturated rings. The molecule has 2 heteroatoms. The van der Waals surface area contributed by atoms with Gasteiger partial charge in [-0.3, -0.25) is 0 Å². The van der Waals surface area contributed by atoms with Crippen molar-refractivity contribution in [3.05, 3.63) is 47.2 Å². The predicted molar refractivity (Wildman–Crippen MR) is 110 cm³/mol. The Kier molecular flexibility index (Phi) is 9.00. The molecule has 1 N–H and O–H groups in total. The minimum atomic E-state index is -1.61. The molecule has 0 bridgehead atoms. The lowest BCUT2D eigenvalue weighted by molar-refractivity contribution is 0.300. The van der Waals surface area contributed by atoms with Gasteiger partial charge in [0.2, 0.25) is 0 Å². The third-order valence-corrected chi connectivity index (χ3v) is 13.0. The van der Waals surface area contributed by atoms with Crippen molar-refractivity contribution in [2.75, 3.05) is 6.61 Å². The van der Waals surface area contributed by atoms with E-state index < -0.39 is 8.07 Å². The summed E-state index contributed by atoms with van der Waals surface area (Å²) in [6.45, 7) is 14.7. The van der Waals surface area contributed by atoms with Crippen LogP contribution < -0.4 is 0 Å². The Bertz CT molecular complexity index is 466. The lowest BCUT2D eigenvalue weighted by Gasteiger charge is -2.45. The molecule has 0 aliphatic rings. The van der Waals surface area contributed by atoms with E-state index in [1.807, 2.05) is 0 Å². The molecule has 0 saturated heterocycles. The summed E-state index contributed by atoms with van der Waals surface area (Å²) in [4.78, 5) is 0. The summed E-state index contributed by atoms with van der Waals surface area (Å²) in [6.07, 6.45) is 6.84. The van der Waals surface area contributed by atoms with Gasteiger partial charge in [-0.05, 0) is 47.9 Å². The van der Waals surface area contributed by atoms with Crippen LogP contribution in [0.1, 0.15) is 66.4 Å². The highest BCUT2D eigenvalue weighted by molar-refractivity contribution is 6.89. The van der Waals surface area contributed by atoms with Gasteiger partial charge in [0.05, 0.1) is 8.07 Å². The van der Waals surface area contributed by atoms with Crippen LogP contribution in [0.4, 0.5) is 0 Å². The van der Waals surface area contributed by atoms with Gasteiger partial charge >= 0.3 is 0 Å². The summed E-state index contributed by atoms with van der Waals surface area (Å²) >= 11 is 0. The Hall–Kier alpha value is -0.863. The molecule has 1 aromatic rings. The third-order valence-electron chi connectivity index (χ3n) is 5.71. The topological polar surface area (TPSA) is 20.2 Å². The van der Waals surface area contributed by atoms with Crippen LogP contribution in [0.15, 0.2) is 41.6 Å². The van der Waals surface area contributed by atoms with Gasteiger partial charge in [-0.25, -0.2) is 0 Å². The normalized spacial score (nSPS) is 13.3. The number of allylic oxidation sites excluding steroid dienone is 1. The summed E-state index contributed by atoms with van der Waals surface area (Å²) < 4.78 is 0. The summed E-state index contributed by atoms with van der Waals surface area (Å²) in [7, 11) is -1.61. The van der Waals surface area contributed by atoms with E-state index in [9.17, 15) is 5.11 Å². The molecule has 0 unspecified atom stereocenters. The lowest BCUT2D eigenvalue weighted by Crippen LogP contribution is -2.47. The van der Waals surface area contributed by atoms with Gasteiger partial charge in [0.1, 0.15) is 0 Å². The number of hydrogen-bond donors (Lipinski definition) is 1. The predicted octanol–water partition coefficient (Wildman–Crippen LogP) is 6.54. The van der Waals surface area contributed by atoms with Gasteiger partial charge in [-0.2, -0.15) is 0 Å². The van der Waals surface area contributed by atoms with E-state index in [1.54, 1.807) is 5.20 Å². The van der Waals surface area contributed by atoms with E-state index in [-0.39, 0.29) is 6.61 Å². The molecule has 1 rings (SSSR count). The second-order valence-corrected chi connectivity index (χ2v) is 14.0. The van der Waals surface area contributed by atoms with Gasteiger partial charge < -0.3 is 5.11 Å². The van der Waals surface area contributed by atoms with Crippen molar-refractivity contribution >= 4 is 8.07 Å². The molecule has 0 aromatic heterocycles. The zero-order chi connectivity index (χ0) is 18.2. The molecule has 0 spiro atoms. The van der Waals surface area contributed by atoms with Crippen LogP contribution in [0.3, 0.4) is 0 Å². The molecule has 136 valence electrons. The molecule has 1 aromatic carbocycles. The van der Waals surface area contributed by atoms with Crippen LogP contribution in [0.2, 0.25) is 16.6 Å². The van der Waals surface area contributed by atoms with Crippen LogP contribution in [-0.4, -0.2) is 19.8 Å². The fraction of sp³-hybridized carbons (Fsp3) is 0.636. The monoisotopic (exact) mass is 346 g/mol. The molecular formula is C22H38OSi. The van der Waals surface area contributed by atoms with Crippen molar-refractivity contribution < 1.29 is 5.11 Å². The first kappa shape index (κ1) is 21.2. The first-order chi connectivity index (χ1) is 11.4. The maximum atomic E-state index is 9.66. The molecule has 0 amide bonds. The SMILES string of the molecule is CC(C)[Si](/C(=C/CCCc1ccccc1)CCO)(C(C)C)C(C)C. The van der Waals surface area contributed by atoms with Crippen molar-refractivity contribution in [1.29, 1.82) is 0 Å². The van der Waals surface area contributed by atoms with E-state index in [0.29, 0.717) is 16.6 Å². The van der Waals surface area contributed by atoms with Crippen LogP contribution in [0.25, 0.3) is 0 Å². The highest BCUT2D eigenvalue weighted by Crippen LogP contribution is 2.47. The van der Waals surface area contributed by atoms with Crippen molar-refractivity contribution in [2.45, 2.75) is 83.8 Å². The number of unbranched alkanes of at least 4 members (excludes halogenated alkanes) is 1. The summed E-state index contributed by atoms with van der Waals surface area (Å²) in [5, 5.41) is 11.3. The van der Waals surface area contributed by atoms with Crippen LogP contribution in [-0.2, 0) is 6.42 Å². The van der Waals surface area contributed by atoms with Crippen molar-refractivity contribution in [3.8, 4) is 0 Å². The van der Waals surface area contributed by atoms with Gasteiger partial charge in [0.15, 0.2) is 0 Å². The fourth-order valence-electron chi connectivity index (χ4n) is 4.96. The number of benzene rings is 1. The quantitative estimate of drug-likeness (QED) is 0.377. The molecule has 0 saturated carbocycles. The smallest absolute Gasteiger partial charge is 0.0887 e. The Balaban J connectivity index is 2.92. The number of aliphatic hydroxyl groups is 1. The van der Waals surface area contributed by atoms with Crippen molar-refractivity contribution in [1.82, 2.24) is 0 Å². The van der Waals surface area contributed by atoms with E-state index in [2.05, 4.69) is 78.0 Å². The minimum Gasteiger partial charge on any atom is -0.396 e. The Morgan fingerprint density at radius 2 is 1.50 bits per heavy atom. The standard InChI is InChI=1S/C22H38OSi/c1-18(2)24(19(3)4,20(5)6)22(16-17-23)15-11-10-14-21-12-8-7-9-13-21/h7-9,12-13,15,18-20,23H,10-11,14,16-17H2,1-6H3/b22-15+. The summed E-state index contributed by atoms with van der Waals surface area (Å²) in [5.41, 5.74) is 3.56. The molecule has 0 atom stereocenters. The Morgan fingerprint density at radius 3 is 1.96 bits per heavy atom. The van der Waals surface area contributed by atoms with Gasteiger partial charge in [-0.1, -0.05) is 83.1 Å². The first-order valence-electron chi connectivity index (χ1n) is 9.71. The average Bonchev–Trinajstić information content (AvgIpc) is 2.52. The van der Waals surface area contributed by atoms with E-state index in [0.717, 1.165) is 19.3 Å². The van der Waals surface area contributed by atoms with E-state index >= 15 is 0 Å². The molecule has 24 heavy (non-hydrogen) atoms. The van der Waals surface area contributed by atoms with Crippen molar-refractivity contribution in [2.24, 2.45) is 0 Å². The fourth-order valence-corrected chi connectivity index (χ4v) is 12.2. The molecule has 0 heterocycles. The third kappa shape index (κ3) is 5.06.